The minimum absolute atomic E-state index is 0.196. The molecule has 13 nitrogen and oxygen atoms in total. The third kappa shape index (κ3) is 10.9. The van der Waals surface area contributed by atoms with Crippen molar-refractivity contribution in [1.29, 1.82) is 0 Å². The normalized spacial score (nSPS) is 14.6. The van der Waals surface area contributed by atoms with Gasteiger partial charge in [0.2, 0.25) is 17.7 Å². The van der Waals surface area contributed by atoms with Crippen LogP contribution >= 0.6 is 0 Å². The third-order valence-electron chi connectivity index (χ3n) is 4.26. The molecule has 4 unspecified atom stereocenters. The number of hydrogen-bond donors (Lipinski definition) is 7. The number of amides is 3. The molecule has 0 aliphatic carbocycles. The van der Waals surface area contributed by atoms with Gasteiger partial charge >= 0.3 is 17.9 Å². The number of carbonyl (C=O) groups is 6. The number of rotatable bonds is 14. The van der Waals surface area contributed by atoms with E-state index in [-0.39, 0.29) is 19.3 Å². The molecule has 13 heteroatoms. The fraction of sp³-hybridized carbons (Fsp3) is 0.667. The van der Waals surface area contributed by atoms with Crippen LogP contribution in [0, 0.1) is 5.92 Å². The van der Waals surface area contributed by atoms with Gasteiger partial charge in [0.05, 0.1) is 6.04 Å². The molecule has 0 aromatic heterocycles. The maximum Gasteiger partial charge on any atom is 0.325 e. The summed E-state index contributed by atoms with van der Waals surface area (Å²) in [6.07, 6.45) is -1.36. The van der Waals surface area contributed by atoms with Gasteiger partial charge in [0.1, 0.15) is 18.1 Å². The summed E-state index contributed by atoms with van der Waals surface area (Å²) in [5.74, 6) is -6.60. The quantitative estimate of drug-likeness (QED) is 0.159. The Morgan fingerprint density at radius 3 is 1.71 bits per heavy atom. The summed E-state index contributed by atoms with van der Waals surface area (Å²) in [6.45, 7) is 4.44. The molecular formula is C18H30N4O9. The highest BCUT2D eigenvalue weighted by molar-refractivity contribution is 5.94. The zero-order valence-electron chi connectivity index (χ0n) is 17.6. The predicted molar refractivity (Wildman–Crippen MR) is 106 cm³/mol. The van der Waals surface area contributed by atoms with Crippen molar-refractivity contribution in [3.05, 3.63) is 0 Å². The van der Waals surface area contributed by atoms with Gasteiger partial charge in [-0.25, -0.2) is 0 Å². The van der Waals surface area contributed by atoms with E-state index in [4.69, 9.17) is 21.1 Å². The molecule has 0 aromatic rings. The SMILES string of the molecule is CC(NC(=O)C(NC(=O)C(CCC(=O)O)NC(=O)C(N)CCC(=O)O)C(C)C)C(=O)O. The molecule has 0 saturated carbocycles. The second kappa shape index (κ2) is 13.2. The van der Waals surface area contributed by atoms with Gasteiger partial charge in [-0.05, 0) is 25.7 Å². The molecule has 0 aliphatic rings. The summed E-state index contributed by atoms with van der Waals surface area (Å²) in [5, 5.41) is 33.4. The number of nitrogens with two attached hydrogens (primary N) is 1. The van der Waals surface area contributed by atoms with Gasteiger partial charge in [-0.15, -0.1) is 0 Å². The Bertz CT molecular complexity index is 696. The van der Waals surface area contributed by atoms with E-state index in [1.807, 2.05) is 0 Å². The van der Waals surface area contributed by atoms with E-state index < -0.39 is 72.1 Å². The van der Waals surface area contributed by atoms with Crippen LogP contribution in [0.2, 0.25) is 0 Å². The van der Waals surface area contributed by atoms with Gasteiger partial charge in [-0.3, -0.25) is 28.8 Å². The predicted octanol–water partition coefficient (Wildman–Crippen LogP) is -1.74. The molecule has 0 saturated heterocycles. The van der Waals surface area contributed by atoms with E-state index in [9.17, 15) is 28.8 Å². The Labute approximate surface area is 178 Å². The van der Waals surface area contributed by atoms with E-state index in [1.54, 1.807) is 13.8 Å². The lowest BCUT2D eigenvalue weighted by molar-refractivity contribution is -0.142. The standard InChI is InChI=1S/C18H30N4O9/c1-8(2)14(17(29)20-9(3)18(30)31)22-16(28)11(5-7-13(25)26)21-15(27)10(19)4-6-12(23)24/h8-11,14H,4-7,19H2,1-3H3,(H,20,29)(H,21,27)(H,22,28)(H,23,24)(H,25,26)(H,30,31). The van der Waals surface area contributed by atoms with E-state index >= 15 is 0 Å². The van der Waals surface area contributed by atoms with Gasteiger partial charge < -0.3 is 37.0 Å². The average molecular weight is 446 g/mol. The highest BCUT2D eigenvalue weighted by atomic mass is 16.4. The molecule has 8 N–H and O–H groups in total. The van der Waals surface area contributed by atoms with Crippen molar-refractivity contribution in [2.24, 2.45) is 11.7 Å². The number of aliphatic carboxylic acids is 3. The first-order valence-corrected chi connectivity index (χ1v) is 9.59. The van der Waals surface area contributed by atoms with Crippen molar-refractivity contribution in [3.8, 4) is 0 Å². The first kappa shape index (κ1) is 27.8. The smallest absolute Gasteiger partial charge is 0.325 e. The largest absolute Gasteiger partial charge is 0.481 e. The van der Waals surface area contributed by atoms with Crippen molar-refractivity contribution in [3.63, 3.8) is 0 Å². The lowest BCUT2D eigenvalue weighted by Gasteiger charge is -2.26. The van der Waals surface area contributed by atoms with Crippen LogP contribution in [-0.4, -0.2) is 75.1 Å². The van der Waals surface area contributed by atoms with E-state index in [2.05, 4.69) is 16.0 Å². The molecular weight excluding hydrogens is 416 g/mol. The van der Waals surface area contributed by atoms with E-state index in [0.717, 1.165) is 0 Å². The van der Waals surface area contributed by atoms with Crippen LogP contribution in [-0.2, 0) is 28.8 Å². The van der Waals surface area contributed by atoms with Crippen molar-refractivity contribution in [2.75, 3.05) is 0 Å². The molecule has 0 aliphatic heterocycles. The number of carbonyl (C=O) groups excluding carboxylic acids is 3. The van der Waals surface area contributed by atoms with Gasteiger partial charge in [0.25, 0.3) is 0 Å². The molecule has 0 aromatic carbocycles. The average Bonchev–Trinajstić information content (AvgIpc) is 2.65. The Balaban J connectivity index is 5.32. The first-order valence-electron chi connectivity index (χ1n) is 9.59. The third-order valence-corrected chi connectivity index (χ3v) is 4.26. The molecule has 176 valence electrons. The van der Waals surface area contributed by atoms with Crippen molar-refractivity contribution in [2.45, 2.75) is 70.6 Å². The summed E-state index contributed by atoms with van der Waals surface area (Å²) in [4.78, 5) is 69.7. The van der Waals surface area contributed by atoms with Crippen LogP contribution in [0.3, 0.4) is 0 Å². The zero-order chi connectivity index (χ0) is 24.3. The summed E-state index contributed by atoms with van der Waals surface area (Å²) in [7, 11) is 0. The first-order chi connectivity index (χ1) is 14.3. The topological polar surface area (TPSA) is 225 Å². The highest BCUT2D eigenvalue weighted by Crippen LogP contribution is 2.06. The maximum absolute atomic E-state index is 12.7. The van der Waals surface area contributed by atoms with Gasteiger partial charge in [-0.1, -0.05) is 13.8 Å². The van der Waals surface area contributed by atoms with Crippen molar-refractivity contribution < 1.29 is 44.1 Å². The molecule has 0 spiro atoms. The minimum Gasteiger partial charge on any atom is -0.481 e. The zero-order valence-corrected chi connectivity index (χ0v) is 17.6. The van der Waals surface area contributed by atoms with Crippen LogP contribution < -0.4 is 21.7 Å². The van der Waals surface area contributed by atoms with Crippen LogP contribution in [0.4, 0.5) is 0 Å². The molecule has 0 rings (SSSR count). The van der Waals surface area contributed by atoms with Gasteiger partial charge in [-0.2, -0.15) is 0 Å². The molecule has 4 atom stereocenters. The number of hydrogen-bond acceptors (Lipinski definition) is 7. The lowest BCUT2D eigenvalue weighted by Crippen LogP contribution is -2.58. The van der Waals surface area contributed by atoms with Gasteiger partial charge in [0, 0.05) is 12.8 Å². The van der Waals surface area contributed by atoms with Crippen LogP contribution in [0.15, 0.2) is 0 Å². The number of nitrogens with one attached hydrogen (secondary N) is 3. The molecule has 3 amide bonds. The van der Waals surface area contributed by atoms with Crippen LogP contribution in [0.25, 0.3) is 0 Å². The minimum atomic E-state index is -1.36. The number of carboxylic acid groups (broad SMARTS) is 3. The molecule has 0 bridgehead atoms. The van der Waals surface area contributed by atoms with E-state index in [0.29, 0.717) is 0 Å². The molecule has 31 heavy (non-hydrogen) atoms. The van der Waals surface area contributed by atoms with Crippen LogP contribution in [0.5, 0.6) is 0 Å². The second-order valence-corrected chi connectivity index (χ2v) is 7.33. The number of carboxylic acids is 3. The Hall–Kier alpha value is -3.22. The fourth-order valence-electron chi connectivity index (χ4n) is 2.38. The molecule has 0 fully saturated rings. The summed E-state index contributed by atoms with van der Waals surface area (Å²) in [6, 6.07) is -4.96. The van der Waals surface area contributed by atoms with Crippen LogP contribution in [0.1, 0.15) is 46.5 Å². The fourth-order valence-corrected chi connectivity index (χ4v) is 2.38. The van der Waals surface area contributed by atoms with E-state index in [1.165, 1.54) is 6.92 Å². The molecule has 0 radical (unpaired) electrons. The Morgan fingerprint density at radius 2 is 1.26 bits per heavy atom. The Kier molecular flexibility index (Phi) is 11.8. The highest BCUT2D eigenvalue weighted by Gasteiger charge is 2.31. The Morgan fingerprint density at radius 1 is 0.742 bits per heavy atom. The monoisotopic (exact) mass is 446 g/mol. The van der Waals surface area contributed by atoms with Crippen molar-refractivity contribution >= 4 is 35.6 Å². The lowest BCUT2D eigenvalue weighted by atomic mass is 10.0. The summed E-state index contributed by atoms with van der Waals surface area (Å²) < 4.78 is 0. The summed E-state index contributed by atoms with van der Waals surface area (Å²) in [5.41, 5.74) is 5.61. The van der Waals surface area contributed by atoms with Gasteiger partial charge in [0.15, 0.2) is 0 Å². The maximum atomic E-state index is 12.7. The van der Waals surface area contributed by atoms with Crippen molar-refractivity contribution in [1.82, 2.24) is 16.0 Å². The summed E-state index contributed by atoms with van der Waals surface area (Å²) >= 11 is 0. The molecule has 0 heterocycles. The second-order valence-electron chi connectivity index (χ2n) is 7.33.